The van der Waals surface area contributed by atoms with Gasteiger partial charge in [-0.3, -0.25) is 9.59 Å². The normalized spacial score (nSPS) is 23.7. The lowest BCUT2D eigenvalue weighted by Crippen LogP contribution is -2.50. The third kappa shape index (κ3) is 3.39. The summed E-state index contributed by atoms with van der Waals surface area (Å²) in [5.41, 5.74) is -0.227. The molecule has 21 heavy (non-hydrogen) atoms. The van der Waals surface area contributed by atoms with E-state index in [1.807, 2.05) is 13.8 Å². The fourth-order valence-corrected chi connectivity index (χ4v) is 3.61. The number of methoxy groups -OCH3 is 1. The Kier molecular flexibility index (Phi) is 4.91. The molecule has 0 aromatic rings. The van der Waals surface area contributed by atoms with Crippen LogP contribution in [0.1, 0.15) is 52.4 Å². The van der Waals surface area contributed by atoms with Gasteiger partial charge in [-0.2, -0.15) is 0 Å². The summed E-state index contributed by atoms with van der Waals surface area (Å²) in [6.45, 7) is 6.05. The van der Waals surface area contributed by atoms with Crippen LogP contribution >= 0.6 is 0 Å². The Morgan fingerprint density at radius 3 is 2.43 bits per heavy atom. The minimum absolute atomic E-state index is 0.129. The van der Waals surface area contributed by atoms with Crippen molar-refractivity contribution in [2.45, 2.75) is 57.9 Å². The van der Waals surface area contributed by atoms with Crippen molar-refractivity contribution < 1.29 is 14.3 Å². The Labute approximate surface area is 127 Å². The second kappa shape index (κ2) is 6.34. The molecule has 0 aromatic carbocycles. The molecular weight excluding hydrogens is 268 g/mol. The van der Waals surface area contributed by atoms with Gasteiger partial charge in [0.05, 0.1) is 13.5 Å². The summed E-state index contributed by atoms with van der Waals surface area (Å²) in [7, 11) is 1.39. The van der Waals surface area contributed by atoms with E-state index in [0.29, 0.717) is 0 Å². The first-order valence-electron chi connectivity index (χ1n) is 8.10. The van der Waals surface area contributed by atoms with Crippen LogP contribution in [0, 0.1) is 11.3 Å². The van der Waals surface area contributed by atoms with E-state index in [2.05, 4.69) is 10.6 Å². The zero-order chi connectivity index (χ0) is 15.5. The first-order valence-corrected chi connectivity index (χ1v) is 8.10. The van der Waals surface area contributed by atoms with E-state index in [1.54, 1.807) is 0 Å². The molecule has 1 aliphatic heterocycles. The van der Waals surface area contributed by atoms with Gasteiger partial charge < -0.3 is 15.4 Å². The van der Waals surface area contributed by atoms with Crippen molar-refractivity contribution in [3.05, 3.63) is 0 Å². The lowest BCUT2D eigenvalue weighted by molar-refractivity contribution is -0.143. The number of nitrogens with one attached hydrogen (secondary N) is 2. The number of amides is 1. The van der Waals surface area contributed by atoms with E-state index < -0.39 is 5.54 Å². The van der Waals surface area contributed by atoms with Crippen LogP contribution in [0.4, 0.5) is 0 Å². The summed E-state index contributed by atoms with van der Waals surface area (Å²) in [6.07, 6.45) is 4.92. The number of rotatable bonds is 6. The van der Waals surface area contributed by atoms with Crippen LogP contribution in [-0.4, -0.2) is 37.6 Å². The molecule has 5 nitrogen and oxygen atoms in total. The molecule has 1 saturated heterocycles. The average Bonchev–Trinajstić information content (AvgIpc) is 3.20. The Hall–Kier alpha value is -1.10. The Morgan fingerprint density at radius 2 is 1.90 bits per heavy atom. The summed E-state index contributed by atoms with van der Waals surface area (Å²) < 4.78 is 4.78. The summed E-state index contributed by atoms with van der Waals surface area (Å²) in [6, 6.07) is 0. The van der Waals surface area contributed by atoms with Gasteiger partial charge in [0.1, 0.15) is 0 Å². The van der Waals surface area contributed by atoms with E-state index in [0.717, 1.165) is 45.2 Å². The highest BCUT2D eigenvalue weighted by molar-refractivity contribution is 5.84. The van der Waals surface area contributed by atoms with Gasteiger partial charge in [0.15, 0.2) is 0 Å². The fraction of sp³-hybridized carbons (Fsp3) is 0.875. The standard InChI is InChI=1S/C16H28N2O3/c1-4-16(5-2,11-13(19)21-3)18-14(20)12-10-15(12)6-8-17-9-7-15/h12,17H,4-11H2,1-3H3,(H,18,20). The topological polar surface area (TPSA) is 67.4 Å². The van der Waals surface area contributed by atoms with Crippen LogP contribution < -0.4 is 10.6 Å². The van der Waals surface area contributed by atoms with Crippen LogP contribution in [0.25, 0.3) is 0 Å². The SMILES string of the molecule is CCC(CC)(CC(=O)OC)NC(=O)C1CC12CCNCC2. The summed E-state index contributed by atoms with van der Waals surface area (Å²) in [4.78, 5) is 24.2. The Balaban J connectivity index is 1.97. The third-order valence-corrected chi connectivity index (χ3v) is 5.56. The van der Waals surface area contributed by atoms with E-state index in [4.69, 9.17) is 4.74 Å². The molecule has 0 radical (unpaired) electrons. The second-order valence-electron chi connectivity index (χ2n) is 6.60. The van der Waals surface area contributed by atoms with Crippen LogP contribution in [0.2, 0.25) is 0 Å². The molecule has 5 heteroatoms. The molecule has 1 heterocycles. The minimum atomic E-state index is -0.457. The maximum atomic E-state index is 12.6. The van der Waals surface area contributed by atoms with Crippen molar-refractivity contribution in [3.8, 4) is 0 Å². The van der Waals surface area contributed by atoms with Gasteiger partial charge in [-0.15, -0.1) is 0 Å². The molecule has 1 aliphatic carbocycles. The van der Waals surface area contributed by atoms with Gasteiger partial charge in [0.2, 0.25) is 5.91 Å². The summed E-state index contributed by atoms with van der Waals surface area (Å²) in [5.74, 6) is 0.00519. The zero-order valence-corrected chi connectivity index (χ0v) is 13.5. The predicted molar refractivity (Wildman–Crippen MR) is 80.7 cm³/mol. The van der Waals surface area contributed by atoms with Crippen LogP contribution in [0.15, 0.2) is 0 Å². The van der Waals surface area contributed by atoms with Crippen molar-refractivity contribution in [1.29, 1.82) is 0 Å². The van der Waals surface area contributed by atoms with E-state index in [1.165, 1.54) is 7.11 Å². The average molecular weight is 296 g/mol. The van der Waals surface area contributed by atoms with Crippen molar-refractivity contribution in [2.75, 3.05) is 20.2 Å². The number of piperidine rings is 1. The summed E-state index contributed by atoms with van der Waals surface area (Å²) in [5, 5.41) is 6.52. The first kappa shape index (κ1) is 16.3. The Morgan fingerprint density at radius 1 is 1.29 bits per heavy atom. The molecule has 1 unspecified atom stereocenters. The van der Waals surface area contributed by atoms with Gasteiger partial charge >= 0.3 is 5.97 Å². The quantitative estimate of drug-likeness (QED) is 0.731. The fourth-order valence-electron chi connectivity index (χ4n) is 3.61. The molecule has 0 bridgehead atoms. The highest BCUT2D eigenvalue weighted by Crippen LogP contribution is 2.58. The van der Waals surface area contributed by atoms with Gasteiger partial charge in [-0.25, -0.2) is 0 Å². The van der Waals surface area contributed by atoms with Gasteiger partial charge in [-0.05, 0) is 50.6 Å². The van der Waals surface area contributed by atoms with Crippen molar-refractivity contribution in [2.24, 2.45) is 11.3 Å². The zero-order valence-electron chi connectivity index (χ0n) is 13.5. The van der Waals surface area contributed by atoms with Crippen LogP contribution in [-0.2, 0) is 14.3 Å². The Bertz CT molecular complexity index is 398. The number of hydrogen-bond donors (Lipinski definition) is 2. The number of ether oxygens (including phenoxy) is 1. The van der Waals surface area contributed by atoms with Crippen molar-refractivity contribution in [1.82, 2.24) is 10.6 Å². The maximum absolute atomic E-state index is 12.6. The predicted octanol–water partition coefficient (Wildman–Crippen LogP) is 1.61. The van der Waals surface area contributed by atoms with E-state index in [-0.39, 0.29) is 29.6 Å². The molecule has 1 atom stereocenters. The summed E-state index contributed by atoms with van der Waals surface area (Å²) >= 11 is 0. The molecule has 0 aromatic heterocycles. The van der Waals surface area contributed by atoms with Gasteiger partial charge in [0, 0.05) is 11.5 Å². The molecule has 1 spiro atoms. The monoisotopic (exact) mass is 296 g/mol. The van der Waals surface area contributed by atoms with Crippen molar-refractivity contribution in [3.63, 3.8) is 0 Å². The molecule has 2 fully saturated rings. The molecule has 120 valence electrons. The smallest absolute Gasteiger partial charge is 0.307 e. The van der Waals surface area contributed by atoms with E-state index >= 15 is 0 Å². The minimum Gasteiger partial charge on any atom is -0.469 e. The number of hydrogen-bond acceptors (Lipinski definition) is 4. The van der Waals surface area contributed by atoms with Crippen LogP contribution in [0.5, 0.6) is 0 Å². The molecule has 1 saturated carbocycles. The lowest BCUT2D eigenvalue weighted by atomic mass is 9.87. The highest BCUT2D eigenvalue weighted by Gasteiger charge is 2.58. The van der Waals surface area contributed by atoms with E-state index in [9.17, 15) is 9.59 Å². The molecule has 2 rings (SSSR count). The third-order valence-electron chi connectivity index (χ3n) is 5.56. The molecule has 2 aliphatic rings. The van der Waals surface area contributed by atoms with Gasteiger partial charge in [-0.1, -0.05) is 13.8 Å². The second-order valence-corrected chi connectivity index (χ2v) is 6.60. The molecule has 2 N–H and O–H groups in total. The van der Waals surface area contributed by atoms with Gasteiger partial charge in [0.25, 0.3) is 0 Å². The molecular formula is C16H28N2O3. The number of carbonyl (C=O) groups is 2. The lowest BCUT2D eigenvalue weighted by Gasteiger charge is -2.33. The number of carbonyl (C=O) groups excluding carboxylic acids is 2. The van der Waals surface area contributed by atoms with Crippen LogP contribution in [0.3, 0.4) is 0 Å². The highest BCUT2D eigenvalue weighted by atomic mass is 16.5. The number of esters is 1. The largest absolute Gasteiger partial charge is 0.469 e. The first-order chi connectivity index (χ1) is 10.0. The molecule has 1 amide bonds. The maximum Gasteiger partial charge on any atom is 0.307 e. The van der Waals surface area contributed by atoms with Crippen molar-refractivity contribution >= 4 is 11.9 Å².